The summed E-state index contributed by atoms with van der Waals surface area (Å²) >= 11 is 12.9. The van der Waals surface area contributed by atoms with Gasteiger partial charge in [-0.1, -0.05) is 72.8 Å². The number of carbonyl (C=O) groups excluding carboxylic acids is 4. The molecule has 4 aliphatic heterocycles. The highest BCUT2D eigenvalue weighted by atomic mass is 35.5. The molecule has 0 unspecified atom stereocenters. The number of nitrogens with zero attached hydrogens (tertiary/aromatic N) is 3. The van der Waals surface area contributed by atoms with E-state index in [1.165, 1.54) is 11.6 Å². The predicted octanol–water partition coefficient (Wildman–Crippen LogP) is 7.54. The lowest BCUT2D eigenvalue weighted by Gasteiger charge is -2.47. The fourth-order valence-corrected chi connectivity index (χ4v) is 12.2. The Hall–Kier alpha value is -4.07. The summed E-state index contributed by atoms with van der Waals surface area (Å²) in [7, 11) is 0. The fourth-order valence-electron chi connectivity index (χ4n) is 11.9. The van der Waals surface area contributed by atoms with Crippen molar-refractivity contribution in [2.45, 2.75) is 112 Å². The first-order valence-electron chi connectivity index (χ1n) is 22.8. The molecule has 2 saturated carbocycles. The molecule has 0 aromatic heterocycles. The van der Waals surface area contributed by atoms with Crippen LogP contribution in [0.15, 0.2) is 60.7 Å². The molecular formula is C48H58Cl2FN7O4. The maximum Gasteiger partial charge on any atom is 0.328 e. The Balaban J connectivity index is 0.771. The molecule has 0 bridgehead atoms. The first-order chi connectivity index (χ1) is 30.0. The van der Waals surface area contributed by atoms with Gasteiger partial charge in [-0.25, -0.2) is 9.18 Å². The lowest BCUT2D eigenvalue weighted by atomic mass is 9.55. The van der Waals surface area contributed by atoms with Crippen LogP contribution in [0.2, 0.25) is 10.0 Å². The Morgan fingerprint density at radius 3 is 2.32 bits per heavy atom. The van der Waals surface area contributed by atoms with E-state index in [9.17, 15) is 19.2 Å². The molecule has 5 fully saturated rings. The summed E-state index contributed by atoms with van der Waals surface area (Å²) in [5, 5.41) is 13.1. The minimum Gasteiger partial charge on any atom is -0.352 e. The quantitative estimate of drug-likeness (QED) is 0.147. The monoisotopic (exact) mass is 885 g/mol. The number of urea groups is 1. The van der Waals surface area contributed by atoms with Crippen molar-refractivity contribution in [3.63, 3.8) is 0 Å². The van der Waals surface area contributed by atoms with Gasteiger partial charge in [0.2, 0.25) is 17.7 Å². The molecular weight excluding hydrogens is 828 g/mol. The van der Waals surface area contributed by atoms with Gasteiger partial charge in [0.05, 0.1) is 11.1 Å². The van der Waals surface area contributed by atoms with Gasteiger partial charge in [0, 0.05) is 79.6 Å². The van der Waals surface area contributed by atoms with Crippen LogP contribution in [0.3, 0.4) is 0 Å². The van der Waals surface area contributed by atoms with Gasteiger partial charge >= 0.3 is 6.03 Å². The zero-order valence-corrected chi connectivity index (χ0v) is 36.8. The standard InChI is InChI=1S/C48H58Cl2FN7O4/c49-33-14-19-37-39(29-33)53-45(61)48(37)41(36-8-6-9-38(50)42(36)51)43(55-47(48)21-3-1-4-22-47)44(60)52-34-15-10-32(11-16-34)30-57-27-25-56(26-28-57)23-5-2-7-31-12-17-35(18-13-31)58-24-20-40(59)54-46(58)62/h6,8-9,12-14,17-19,29,32,34,41,43,55H,1-5,7,10-11,15-16,20-28,30H2,(H,52,60)(H,53,61)(H,54,59,62)/t32?,34?,41-,43+,48+/m0/s1. The number of amides is 5. The minimum absolute atomic E-state index is 0.00524. The van der Waals surface area contributed by atoms with Gasteiger partial charge in [-0.05, 0) is 117 Å². The number of hydrogen-bond acceptors (Lipinski definition) is 7. The van der Waals surface area contributed by atoms with Crippen LogP contribution >= 0.6 is 23.2 Å². The lowest BCUT2D eigenvalue weighted by molar-refractivity contribution is -0.125. The van der Waals surface area contributed by atoms with Crippen molar-refractivity contribution >= 4 is 58.3 Å². The zero-order valence-electron chi connectivity index (χ0n) is 35.3. The summed E-state index contributed by atoms with van der Waals surface area (Å²) in [4.78, 5) is 59.8. The molecule has 3 aromatic carbocycles. The Kier molecular flexibility index (Phi) is 12.7. The Morgan fingerprint density at radius 1 is 0.839 bits per heavy atom. The molecule has 14 heteroatoms. The fraction of sp³-hybridized carbons (Fsp3) is 0.542. The Labute approximate surface area is 373 Å². The van der Waals surface area contributed by atoms with Gasteiger partial charge in [-0.2, -0.15) is 0 Å². The van der Waals surface area contributed by atoms with E-state index in [2.05, 4.69) is 43.2 Å². The second-order valence-corrected chi connectivity index (χ2v) is 19.4. The molecule has 4 N–H and O–H groups in total. The molecule has 62 heavy (non-hydrogen) atoms. The number of imide groups is 1. The van der Waals surface area contributed by atoms with Crippen molar-refractivity contribution < 1.29 is 23.6 Å². The van der Waals surface area contributed by atoms with Crippen LogP contribution < -0.4 is 26.2 Å². The van der Waals surface area contributed by atoms with E-state index in [1.807, 2.05) is 18.2 Å². The van der Waals surface area contributed by atoms with Gasteiger partial charge in [0.1, 0.15) is 11.2 Å². The van der Waals surface area contributed by atoms with E-state index in [0.717, 1.165) is 115 Å². The summed E-state index contributed by atoms with van der Waals surface area (Å²) in [5.74, 6) is -1.48. The van der Waals surface area contributed by atoms with Crippen molar-refractivity contribution in [1.29, 1.82) is 0 Å². The highest BCUT2D eigenvalue weighted by molar-refractivity contribution is 6.31. The van der Waals surface area contributed by atoms with Crippen molar-refractivity contribution in [2.24, 2.45) is 5.92 Å². The number of benzene rings is 3. The predicted molar refractivity (Wildman–Crippen MR) is 240 cm³/mol. The zero-order chi connectivity index (χ0) is 43.0. The van der Waals surface area contributed by atoms with Gasteiger partial charge in [-0.3, -0.25) is 29.9 Å². The van der Waals surface area contributed by atoms with Crippen LogP contribution in [0.5, 0.6) is 0 Å². The third-order valence-corrected chi connectivity index (χ3v) is 15.5. The van der Waals surface area contributed by atoms with Crippen LogP contribution in [0.25, 0.3) is 0 Å². The van der Waals surface area contributed by atoms with Crippen LogP contribution in [-0.4, -0.2) is 97.0 Å². The number of hydrogen-bond donors (Lipinski definition) is 4. The van der Waals surface area contributed by atoms with Crippen LogP contribution in [0, 0.1) is 11.7 Å². The third-order valence-electron chi connectivity index (χ3n) is 15.0. The average molecular weight is 887 g/mol. The van der Waals surface area contributed by atoms with Crippen molar-refractivity contribution in [1.82, 2.24) is 25.8 Å². The maximum absolute atomic E-state index is 16.3. The van der Waals surface area contributed by atoms with Gasteiger partial charge in [0.15, 0.2) is 0 Å². The van der Waals surface area contributed by atoms with E-state index in [4.69, 9.17) is 23.2 Å². The summed E-state index contributed by atoms with van der Waals surface area (Å²) in [6, 6.07) is 17.3. The minimum atomic E-state index is -1.24. The third kappa shape index (κ3) is 8.26. The number of fused-ring (bicyclic) bond motifs is 3. The van der Waals surface area contributed by atoms with E-state index < -0.39 is 28.7 Å². The van der Waals surface area contributed by atoms with E-state index >= 15 is 4.39 Å². The molecule has 3 saturated heterocycles. The van der Waals surface area contributed by atoms with Crippen molar-refractivity contribution in [3.8, 4) is 0 Å². The molecule has 0 radical (unpaired) electrons. The molecule has 9 rings (SSSR count). The van der Waals surface area contributed by atoms with Crippen molar-refractivity contribution in [2.75, 3.05) is 56.0 Å². The molecule has 6 aliphatic rings. The first-order valence-corrected chi connectivity index (χ1v) is 23.6. The highest BCUT2D eigenvalue weighted by Crippen LogP contribution is 2.62. The first kappa shape index (κ1) is 43.2. The highest BCUT2D eigenvalue weighted by Gasteiger charge is 2.72. The molecule has 2 spiro atoms. The van der Waals surface area contributed by atoms with Crippen molar-refractivity contribution in [3.05, 3.63) is 93.2 Å². The molecule has 3 atom stereocenters. The molecule has 4 heterocycles. The molecule has 3 aromatic rings. The van der Waals surface area contributed by atoms with E-state index in [1.54, 1.807) is 29.2 Å². The van der Waals surface area contributed by atoms with Gasteiger partial charge < -0.3 is 20.4 Å². The molecule has 330 valence electrons. The SMILES string of the molecule is O=C1CCN(c2ccc(CCCCN3CCN(CC4CCC(NC(=O)[C@@H]5NC6(CCCCC6)[C@@]6(C(=O)Nc7cc(Cl)ccc76)[C@H]5c5cccc(Cl)c5F)CC4)CC3)cc2)C(=O)N1. The number of nitrogens with one attached hydrogen (secondary N) is 4. The van der Waals surface area contributed by atoms with Crippen LogP contribution in [-0.2, 0) is 26.2 Å². The largest absolute Gasteiger partial charge is 0.352 e. The smallest absolute Gasteiger partial charge is 0.328 e. The van der Waals surface area contributed by atoms with Crippen LogP contribution in [0.4, 0.5) is 20.6 Å². The second-order valence-electron chi connectivity index (χ2n) is 18.6. The molecule has 5 amide bonds. The Bertz CT molecular complexity index is 2170. The number of anilines is 2. The van der Waals surface area contributed by atoms with Gasteiger partial charge in [-0.15, -0.1) is 0 Å². The summed E-state index contributed by atoms with van der Waals surface area (Å²) in [6.45, 7) is 6.85. The number of rotatable bonds is 11. The molecule has 11 nitrogen and oxygen atoms in total. The number of unbranched alkanes of at least 4 members (excludes halogenated alkanes) is 1. The summed E-state index contributed by atoms with van der Waals surface area (Å²) in [5.41, 5.74) is 1.73. The number of piperazine rings is 1. The second kappa shape index (κ2) is 18.2. The number of halogens is 3. The Morgan fingerprint density at radius 2 is 1.58 bits per heavy atom. The summed E-state index contributed by atoms with van der Waals surface area (Å²) in [6.07, 6.45) is 11.6. The lowest BCUT2D eigenvalue weighted by Crippen LogP contribution is -2.60. The maximum atomic E-state index is 16.3. The topological polar surface area (TPSA) is 126 Å². The number of aryl methyl sites for hydroxylation is 1. The average Bonchev–Trinajstić information content (AvgIpc) is 3.72. The summed E-state index contributed by atoms with van der Waals surface area (Å²) < 4.78 is 16.3. The van der Waals surface area contributed by atoms with Gasteiger partial charge in [0.25, 0.3) is 0 Å². The van der Waals surface area contributed by atoms with E-state index in [-0.39, 0.29) is 40.4 Å². The van der Waals surface area contributed by atoms with E-state index in [0.29, 0.717) is 42.4 Å². The van der Waals surface area contributed by atoms with Crippen LogP contribution in [0.1, 0.15) is 99.7 Å². The molecule has 2 aliphatic carbocycles. The number of carbonyl (C=O) groups is 4. The normalized spacial score (nSPS) is 27.7.